The molecule has 2 aromatic rings. The topological polar surface area (TPSA) is 66.4 Å². The average molecular weight is 671 g/mol. The summed E-state index contributed by atoms with van der Waals surface area (Å²) in [4.78, 5) is 0. The number of ether oxygens (including phenoxy) is 1. The Morgan fingerprint density at radius 2 is 1.08 bits per heavy atom. The van der Waals surface area contributed by atoms with E-state index in [1.165, 1.54) is 97.0 Å². The Bertz CT molecular complexity index is 937. The van der Waals surface area contributed by atoms with Gasteiger partial charge in [0.1, 0.15) is 5.75 Å². The van der Waals surface area contributed by atoms with Gasteiger partial charge >= 0.3 is 26.7 Å². The third kappa shape index (κ3) is 18.0. The van der Waals surface area contributed by atoms with Crippen LogP contribution in [0.4, 0.5) is 13.2 Å². The molecular weight excluding hydrogens is 628 g/mol. The van der Waals surface area contributed by atoms with Crippen LogP contribution in [-0.4, -0.2) is 25.1 Å². The van der Waals surface area contributed by atoms with E-state index >= 15 is 0 Å². The summed E-state index contributed by atoms with van der Waals surface area (Å²) < 4.78 is 67.7. The van der Waals surface area contributed by atoms with E-state index in [1.807, 2.05) is 0 Å². The van der Waals surface area contributed by atoms with Crippen LogP contribution in [-0.2, 0) is 10.1 Å². The molecule has 2 rings (SSSR count). The summed E-state index contributed by atoms with van der Waals surface area (Å²) in [5.74, 6) is 1.02. The number of hydrogen-bond donors (Lipinski definition) is 0. The normalized spacial score (nSPS) is 11.6. The van der Waals surface area contributed by atoms with Gasteiger partial charge in [0.05, 0.1) is 6.61 Å². The molecule has 0 radical (unpaired) electrons. The first-order valence-corrected chi connectivity index (χ1v) is 17.1. The van der Waals surface area contributed by atoms with Gasteiger partial charge in [-0.25, -0.2) is 8.42 Å². The van der Waals surface area contributed by atoms with Crippen molar-refractivity contribution in [2.75, 3.05) is 6.61 Å². The number of benzene rings is 2. The Morgan fingerprint density at radius 3 is 1.50 bits per heavy atom. The molecule has 0 aliphatic rings. The number of unbranched alkanes of at least 4 members (excludes halogenated alkanes) is 13. The molecule has 38 heavy (non-hydrogen) atoms. The summed E-state index contributed by atoms with van der Waals surface area (Å²) in [5.41, 5.74) is -5.65. The van der Waals surface area contributed by atoms with Gasteiger partial charge in [-0.3, -0.25) is 0 Å². The van der Waals surface area contributed by atoms with Gasteiger partial charge in [-0.05, 0) is 42.8 Å². The number of hydrogen-bond acceptors (Lipinski definition) is 4. The number of halogens is 4. The molecule has 2 aromatic carbocycles. The van der Waals surface area contributed by atoms with Crippen molar-refractivity contribution in [3.05, 3.63) is 61.7 Å². The number of alkyl halides is 3. The lowest BCUT2D eigenvalue weighted by Gasteiger charge is -2.08. The smallest absolute Gasteiger partial charge is 0.485 e. The fourth-order valence-electron chi connectivity index (χ4n) is 3.68. The second-order valence-corrected chi connectivity index (χ2v) is 13.6. The highest BCUT2D eigenvalue weighted by molar-refractivity contribution is 7.86. The molecule has 0 fully saturated rings. The van der Waals surface area contributed by atoms with Gasteiger partial charge in [0.25, 0.3) is 0 Å². The predicted octanol–water partition coefficient (Wildman–Crippen LogP) is 5.73. The minimum Gasteiger partial charge on any atom is -0.741 e. The van der Waals surface area contributed by atoms with Crippen LogP contribution in [0.15, 0.2) is 54.6 Å². The highest BCUT2D eigenvalue weighted by Gasteiger charge is 2.36. The maximum absolute atomic E-state index is 10.7. The van der Waals surface area contributed by atoms with Crippen molar-refractivity contribution >= 4 is 10.1 Å². The first-order chi connectivity index (χ1) is 18.1. The van der Waals surface area contributed by atoms with Crippen LogP contribution in [0.1, 0.15) is 96.8 Å². The van der Waals surface area contributed by atoms with E-state index in [1.54, 1.807) is 0 Å². The van der Waals surface area contributed by atoms with Gasteiger partial charge in [-0.2, -0.15) is 13.2 Å². The molecule has 216 valence electrons. The first kappa shape index (κ1) is 34.7. The molecule has 0 aliphatic carbocycles. The Balaban J connectivity index is 0.000000781. The zero-order valence-corrected chi connectivity index (χ0v) is 25.3. The third-order valence-corrected chi connectivity index (χ3v) is 9.07. The van der Waals surface area contributed by atoms with Crippen LogP contribution in [0, 0.1) is 7.14 Å². The molecule has 0 saturated carbocycles. The zero-order chi connectivity index (χ0) is 28.1. The van der Waals surface area contributed by atoms with Crippen molar-refractivity contribution in [3.63, 3.8) is 0 Å². The fourth-order valence-corrected chi connectivity index (χ4v) is 5.90. The largest absolute Gasteiger partial charge is 0.741 e. The molecule has 0 saturated heterocycles. The van der Waals surface area contributed by atoms with Gasteiger partial charge in [0.15, 0.2) is 17.3 Å². The maximum Gasteiger partial charge on any atom is 0.485 e. The summed E-state index contributed by atoms with van der Waals surface area (Å²) in [7, 11) is -6.09. The van der Waals surface area contributed by atoms with E-state index in [0.717, 1.165) is 12.4 Å². The number of rotatable bonds is 18. The summed E-state index contributed by atoms with van der Waals surface area (Å²) >= 11 is -0.0748. The van der Waals surface area contributed by atoms with Gasteiger partial charge in [-0.15, -0.1) is 0 Å². The summed E-state index contributed by atoms with van der Waals surface area (Å²) in [6, 6.07) is 19.6. The monoisotopic (exact) mass is 670 g/mol. The minimum atomic E-state index is -6.09. The fraction of sp³-hybridized carbons (Fsp3) is 0.586. The minimum absolute atomic E-state index is 0.0748. The molecule has 0 heterocycles. The van der Waals surface area contributed by atoms with Crippen molar-refractivity contribution in [1.29, 1.82) is 0 Å². The van der Waals surface area contributed by atoms with E-state index in [9.17, 15) is 13.2 Å². The van der Waals surface area contributed by atoms with Crippen LogP contribution >= 0.6 is 0 Å². The third-order valence-electron chi connectivity index (χ3n) is 5.82. The molecule has 0 amide bonds. The molecule has 0 aromatic heterocycles. The predicted molar refractivity (Wildman–Crippen MR) is 142 cm³/mol. The molecule has 9 heteroatoms. The first-order valence-electron chi connectivity index (χ1n) is 13.6. The summed E-state index contributed by atoms with van der Waals surface area (Å²) in [5, 5.41) is 0. The van der Waals surface area contributed by atoms with E-state index in [4.69, 9.17) is 17.7 Å². The molecule has 4 nitrogen and oxygen atoms in total. The van der Waals surface area contributed by atoms with Gasteiger partial charge in [0.2, 0.25) is 0 Å². The summed E-state index contributed by atoms with van der Waals surface area (Å²) in [6.45, 7) is 3.14. The Kier molecular flexibility index (Phi) is 18.8. The highest BCUT2D eigenvalue weighted by atomic mass is 127. The van der Waals surface area contributed by atoms with Crippen LogP contribution in [0.3, 0.4) is 0 Å². The van der Waals surface area contributed by atoms with Crippen LogP contribution in [0.2, 0.25) is 0 Å². The zero-order valence-electron chi connectivity index (χ0n) is 22.4. The molecule has 0 aliphatic heterocycles. The standard InChI is InChI=1S/C28H42IO.CHF3O3S/c1-2-3-4-5-6-7-8-9-10-11-12-13-14-18-25-30-28-23-21-27(22-24-28)29-26-19-16-15-17-20-26;2-1(3,4)8(5,6)7/h15-17,19-24H,2-14,18,25H2,1H3;(H,5,6,7)/q+1;/p-1. The second kappa shape index (κ2) is 20.6. The van der Waals surface area contributed by atoms with E-state index in [0.29, 0.717) is 0 Å². The van der Waals surface area contributed by atoms with Crippen molar-refractivity contribution in [2.45, 2.75) is 102 Å². The quantitative estimate of drug-likeness (QED) is 0.0881. The van der Waals surface area contributed by atoms with Crippen LogP contribution in [0.25, 0.3) is 0 Å². The second-order valence-electron chi connectivity index (χ2n) is 9.19. The highest BCUT2D eigenvalue weighted by Crippen LogP contribution is 2.20. The average Bonchev–Trinajstić information content (AvgIpc) is 2.87. The van der Waals surface area contributed by atoms with E-state index in [-0.39, 0.29) is 21.2 Å². The lowest BCUT2D eigenvalue weighted by Crippen LogP contribution is -3.61. The van der Waals surface area contributed by atoms with Crippen molar-refractivity contribution in [3.8, 4) is 5.75 Å². The molecule has 0 atom stereocenters. The van der Waals surface area contributed by atoms with Gasteiger partial charge in [-0.1, -0.05) is 109 Å². The molecule has 0 N–H and O–H groups in total. The van der Waals surface area contributed by atoms with E-state index < -0.39 is 15.6 Å². The van der Waals surface area contributed by atoms with Crippen LogP contribution < -0.4 is 25.9 Å². The maximum atomic E-state index is 10.7. The van der Waals surface area contributed by atoms with Crippen molar-refractivity contribution in [2.24, 2.45) is 0 Å². The Hall–Kier alpha value is -1.33. The van der Waals surface area contributed by atoms with Crippen LogP contribution in [0.5, 0.6) is 5.75 Å². The van der Waals surface area contributed by atoms with E-state index in [2.05, 4.69) is 61.5 Å². The summed E-state index contributed by atoms with van der Waals surface area (Å²) in [6.07, 6.45) is 19.6. The molecule has 0 unspecified atom stereocenters. The van der Waals surface area contributed by atoms with Gasteiger partial charge in [0, 0.05) is 0 Å². The Labute approximate surface area is 237 Å². The lowest BCUT2D eigenvalue weighted by molar-refractivity contribution is -0.597. The van der Waals surface area contributed by atoms with Gasteiger partial charge < -0.3 is 9.29 Å². The molecule has 0 spiro atoms. The van der Waals surface area contributed by atoms with Crippen molar-refractivity contribution < 1.29 is 52.1 Å². The SMILES string of the molecule is CCCCCCCCCCCCCCCCOc1ccc([I+]c2ccccc2)cc1.O=S(=O)([O-])C(F)(F)F. The Morgan fingerprint density at radius 1 is 0.684 bits per heavy atom. The van der Waals surface area contributed by atoms with Crippen molar-refractivity contribution in [1.82, 2.24) is 0 Å². The molecule has 0 bridgehead atoms. The molecular formula is C29H42F3IO4S. The lowest BCUT2D eigenvalue weighted by atomic mass is 10.0.